The Morgan fingerprint density at radius 3 is 2.50 bits per heavy atom. The minimum atomic E-state index is -3.19. The van der Waals surface area contributed by atoms with Crippen LogP contribution in [-0.2, 0) is 19.4 Å². The van der Waals surface area contributed by atoms with Gasteiger partial charge in [0, 0.05) is 19.0 Å². The molecule has 0 N–H and O–H groups in total. The lowest BCUT2D eigenvalue weighted by molar-refractivity contribution is -0.165. The number of hydrogen-bond acceptors (Lipinski definition) is 5. The second-order valence-corrected chi connectivity index (χ2v) is 10.0. The molecule has 0 bridgehead atoms. The van der Waals surface area contributed by atoms with Crippen molar-refractivity contribution in [2.24, 2.45) is 0 Å². The van der Waals surface area contributed by atoms with E-state index in [0.717, 1.165) is 0 Å². The highest BCUT2D eigenvalue weighted by atomic mass is 32.2. The van der Waals surface area contributed by atoms with Gasteiger partial charge < -0.3 is 14.5 Å². The van der Waals surface area contributed by atoms with Gasteiger partial charge in [-0.25, -0.2) is 8.42 Å². The van der Waals surface area contributed by atoms with Gasteiger partial charge in [0.25, 0.3) is 0 Å². The first kappa shape index (κ1) is 18.1. The van der Waals surface area contributed by atoms with Crippen molar-refractivity contribution < 1.29 is 17.9 Å². The van der Waals surface area contributed by atoms with Crippen LogP contribution < -0.4 is 0 Å². The molecule has 2 heterocycles. The van der Waals surface area contributed by atoms with Gasteiger partial charge in [-0.2, -0.15) is 0 Å². The predicted octanol–water partition coefficient (Wildman–Crippen LogP) is 1.06. The molecule has 24 heavy (non-hydrogen) atoms. The SMILES string of the molecule is CCC(=O)N1CC2(C1)CS(=O)(=O)[C@@H](CN(C)C1CCCCC1)CO2. The zero-order chi connectivity index (χ0) is 17.4. The van der Waals surface area contributed by atoms with Crippen LogP contribution in [-0.4, -0.2) is 80.1 Å². The van der Waals surface area contributed by atoms with Gasteiger partial charge in [0.15, 0.2) is 9.84 Å². The van der Waals surface area contributed by atoms with Crippen molar-refractivity contribution in [2.75, 3.05) is 39.0 Å². The van der Waals surface area contributed by atoms with Crippen molar-refractivity contribution in [3.63, 3.8) is 0 Å². The lowest BCUT2D eigenvalue weighted by Crippen LogP contribution is -2.71. The normalized spacial score (nSPS) is 29.6. The summed E-state index contributed by atoms with van der Waals surface area (Å²) < 4.78 is 31.5. The third kappa shape index (κ3) is 3.63. The fourth-order valence-corrected chi connectivity index (χ4v) is 6.26. The van der Waals surface area contributed by atoms with Crippen LogP contribution in [0.3, 0.4) is 0 Å². The molecule has 1 amide bonds. The summed E-state index contributed by atoms with van der Waals surface area (Å²) in [6.45, 7) is 3.48. The van der Waals surface area contributed by atoms with E-state index in [4.69, 9.17) is 4.74 Å². The van der Waals surface area contributed by atoms with Crippen LogP contribution >= 0.6 is 0 Å². The van der Waals surface area contributed by atoms with Crippen molar-refractivity contribution in [3.05, 3.63) is 0 Å². The fraction of sp³-hybridized carbons (Fsp3) is 0.941. The summed E-state index contributed by atoms with van der Waals surface area (Å²) in [5.74, 6) is 0.122. The van der Waals surface area contributed by atoms with Gasteiger partial charge >= 0.3 is 0 Å². The topological polar surface area (TPSA) is 66.9 Å². The molecule has 6 nitrogen and oxygen atoms in total. The van der Waals surface area contributed by atoms with E-state index in [9.17, 15) is 13.2 Å². The van der Waals surface area contributed by atoms with Crippen LogP contribution in [0.1, 0.15) is 45.4 Å². The van der Waals surface area contributed by atoms with Crippen LogP contribution in [0.25, 0.3) is 0 Å². The summed E-state index contributed by atoms with van der Waals surface area (Å²) in [6, 6.07) is 0.506. The van der Waals surface area contributed by atoms with Crippen molar-refractivity contribution in [3.8, 4) is 0 Å². The molecule has 138 valence electrons. The van der Waals surface area contributed by atoms with E-state index in [-0.39, 0.29) is 18.3 Å². The van der Waals surface area contributed by atoms with Crippen LogP contribution in [0, 0.1) is 0 Å². The second-order valence-electron chi connectivity index (χ2n) is 7.76. The maximum atomic E-state index is 12.7. The lowest BCUT2D eigenvalue weighted by Gasteiger charge is -2.52. The Hall–Kier alpha value is -0.660. The Kier molecular flexibility index (Phi) is 5.23. The van der Waals surface area contributed by atoms with Crippen molar-refractivity contribution in [1.82, 2.24) is 9.80 Å². The Balaban J connectivity index is 1.56. The van der Waals surface area contributed by atoms with Crippen LogP contribution in [0.4, 0.5) is 0 Å². The summed E-state index contributed by atoms with van der Waals surface area (Å²) in [5.41, 5.74) is -0.649. The predicted molar refractivity (Wildman–Crippen MR) is 92.6 cm³/mol. The largest absolute Gasteiger partial charge is 0.369 e. The fourth-order valence-electron chi connectivity index (χ4n) is 4.29. The summed E-state index contributed by atoms with van der Waals surface area (Å²) in [6.07, 6.45) is 6.58. The van der Waals surface area contributed by atoms with Gasteiger partial charge in [0.05, 0.1) is 30.7 Å². The molecular weight excluding hydrogens is 328 g/mol. The standard InChI is InChI=1S/C17H30N2O4S/c1-3-16(20)19-11-17(12-19)13-24(21,22)15(10-23-17)9-18(2)14-7-5-4-6-8-14/h14-15H,3-13H2,1-2H3/t15-/m0/s1. The van der Waals surface area contributed by atoms with Crippen LogP contribution in [0.2, 0.25) is 0 Å². The number of likely N-dealkylation sites (tertiary alicyclic amines) is 1. The quantitative estimate of drug-likeness (QED) is 0.752. The first-order valence-electron chi connectivity index (χ1n) is 9.19. The first-order valence-corrected chi connectivity index (χ1v) is 10.9. The zero-order valence-electron chi connectivity index (χ0n) is 14.9. The number of ether oxygens (including phenoxy) is 1. The van der Waals surface area contributed by atoms with Crippen LogP contribution in [0.15, 0.2) is 0 Å². The molecule has 0 unspecified atom stereocenters. The van der Waals surface area contributed by atoms with Crippen LogP contribution in [0.5, 0.6) is 0 Å². The molecule has 1 atom stereocenters. The summed E-state index contributed by atoms with van der Waals surface area (Å²) in [5, 5.41) is -0.439. The molecular formula is C17H30N2O4S. The minimum absolute atomic E-state index is 0.0522. The van der Waals surface area contributed by atoms with E-state index in [1.165, 1.54) is 32.1 Å². The molecule has 2 aliphatic heterocycles. The molecule has 1 aliphatic carbocycles. The average molecular weight is 359 g/mol. The van der Waals surface area contributed by atoms with Crippen molar-refractivity contribution in [2.45, 2.75) is 62.3 Å². The first-order chi connectivity index (χ1) is 11.4. The number of amides is 1. The third-order valence-electron chi connectivity index (χ3n) is 5.85. The van der Waals surface area contributed by atoms with E-state index in [1.807, 2.05) is 14.0 Å². The molecule has 2 saturated heterocycles. The number of carbonyl (C=O) groups excluding carboxylic acids is 1. The van der Waals surface area contributed by atoms with Crippen molar-refractivity contribution in [1.29, 1.82) is 0 Å². The monoisotopic (exact) mass is 358 g/mol. The maximum absolute atomic E-state index is 12.7. The molecule has 0 aromatic rings. The molecule has 1 spiro atoms. The number of sulfone groups is 1. The van der Waals surface area contributed by atoms with Crippen molar-refractivity contribution >= 4 is 15.7 Å². The van der Waals surface area contributed by atoms with E-state index in [0.29, 0.717) is 32.1 Å². The Bertz CT molecular complexity index is 565. The molecule has 0 aromatic heterocycles. The second kappa shape index (κ2) is 6.92. The van der Waals surface area contributed by atoms with E-state index in [2.05, 4.69) is 4.90 Å². The molecule has 3 fully saturated rings. The Labute approximate surface area is 145 Å². The van der Waals surface area contributed by atoms with E-state index >= 15 is 0 Å². The van der Waals surface area contributed by atoms with Gasteiger partial charge in [0.2, 0.25) is 5.91 Å². The average Bonchev–Trinajstić information content (AvgIpc) is 2.54. The maximum Gasteiger partial charge on any atom is 0.222 e. The highest BCUT2D eigenvalue weighted by molar-refractivity contribution is 7.92. The van der Waals surface area contributed by atoms with E-state index < -0.39 is 20.7 Å². The number of rotatable bonds is 4. The molecule has 3 aliphatic rings. The molecule has 1 saturated carbocycles. The highest BCUT2D eigenvalue weighted by Crippen LogP contribution is 2.33. The van der Waals surface area contributed by atoms with Gasteiger partial charge in [-0.3, -0.25) is 4.79 Å². The molecule has 3 rings (SSSR count). The third-order valence-corrected chi connectivity index (χ3v) is 8.08. The smallest absolute Gasteiger partial charge is 0.222 e. The zero-order valence-corrected chi connectivity index (χ0v) is 15.7. The minimum Gasteiger partial charge on any atom is -0.369 e. The van der Waals surface area contributed by atoms with E-state index in [1.54, 1.807) is 4.90 Å². The Morgan fingerprint density at radius 2 is 1.92 bits per heavy atom. The number of nitrogens with zero attached hydrogens (tertiary/aromatic N) is 2. The molecule has 0 radical (unpaired) electrons. The number of hydrogen-bond donors (Lipinski definition) is 0. The van der Waals surface area contributed by atoms with Gasteiger partial charge in [-0.15, -0.1) is 0 Å². The lowest BCUT2D eigenvalue weighted by atomic mass is 9.94. The molecule has 7 heteroatoms. The summed E-state index contributed by atoms with van der Waals surface area (Å²) in [4.78, 5) is 15.6. The molecule has 0 aromatic carbocycles. The van der Waals surface area contributed by atoms with Gasteiger partial charge in [-0.05, 0) is 19.9 Å². The summed E-state index contributed by atoms with van der Waals surface area (Å²) in [7, 11) is -1.14. The highest BCUT2D eigenvalue weighted by Gasteiger charge is 2.53. The summed E-state index contributed by atoms with van der Waals surface area (Å²) >= 11 is 0. The number of carbonyl (C=O) groups is 1. The van der Waals surface area contributed by atoms with Gasteiger partial charge in [-0.1, -0.05) is 26.2 Å². The Morgan fingerprint density at radius 1 is 1.25 bits per heavy atom. The van der Waals surface area contributed by atoms with Gasteiger partial charge in [0.1, 0.15) is 5.60 Å².